The maximum absolute atomic E-state index is 12.1. The van der Waals surface area contributed by atoms with Crippen LogP contribution in [-0.2, 0) is 4.74 Å². The zero-order chi connectivity index (χ0) is 17.6. The highest BCUT2D eigenvalue weighted by molar-refractivity contribution is 7.13. The molecule has 0 bridgehead atoms. The Kier molecular flexibility index (Phi) is 5.05. The molecule has 0 saturated carbocycles. The second-order valence-corrected chi connectivity index (χ2v) is 5.73. The first-order chi connectivity index (χ1) is 12.2. The molecule has 4 N–H and O–H groups in total. The first-order valence-electron chi connectivity index (χ1n) is 7.49. The molecular formula is C16H16N6O2S. The van der Waals surface area contributed by atoms with E-state index in [1.165, 1.54) is 17.7 Å². The lowest BCUT2D eigenvalue weighted by Crippen LogP contribution is -2.10. The highest BCUT2D eigenvalue weighted by Crippen LogP contribution is 2.29. The summed E-state index contributed by atoms with van der Waals surface area (Å²) in [7, 11) is 0. The van der Waals surface area contributed by atoms with Gasteiger partial charge in [0.25, 0.3) is 0 Å². The highest BCUT2D eigenvalue weighted by atomic mass is 32.1. The van der Waals surface area contributed by atoms with Crippen LogP contribution in [0.25, 0.3) is 0 Å². The first kappa shape index (κ1) is 16.7. The number of anilines is 5. The van der Waals surface area contributed by atoms with Crippen LogP contribution in [0.5, 0.6) is 0 Å². The van der Waals surface area contributed by atoms with Crippen molar-refractivity contribution in [1.29, 1.82) is 0 Å². The van der Waals surface area contributed by atoms with Crippen molar-refractivity contribution in [3.63, 3.8) is 0 Å². The molecule has 1 aromatic carbocycles. The minimum absolute atomic E-state index is 0.296. The summed E-state index contributed by atoms with van der Waals surface area (Å²) in [5.41, 5.74) is 7.41. The predicted molar refractivity (Wildman–Crippen MR) is 97.5 cm³/mol. The number of rotatable bonds is 6. The van der Waals surface area contributed by atoms with Gasteiger partial charge in [-0.25, -0.2) is 19.7 Å². The molecule has 0 aliphatic rings. The van der Waals surface area contributed by atoms with Crippen molar-refractivity contribution < 1.29 is 9.53 Å². The molecule has 0 unspecified atom stereocenters. The Balaban J connectivity index is 1.88. The lowest BCUT2D eigenvalue weighted by molar-refractivity contribution is 0.0527. The highest BCUT2D eigenvalue weighted by Gasteiger charge is 2.15. The van der Waals surface area contributed by atoms with Crippen LogP contribution in [0.1, 0.15) is 17.3 Å². The maximum atomic E-state index is 12.1. The average molecular weight is 356 g/mol. The summed E-state index contributed by atoms with van der Waals surface area (Å²) < 4.78 is 5.07. The average Bonchev–Trinajstić information content (AvgIpc) is 3.12. The summed E-state index contributed by atoms with van der Waals surface area (Å²) in [6.07, 6.45) is 3.06. The zero-order valence-corrected chi connectivity index (χ0v) is 14.2. The number of nitrogens with one attached hydrogen (secondary N) is 2. The molecule has 0 radical (unpaired) electrons. The zero-order valence-electron chi connectivity index (χ0n) is 13.4. The Hall–Kier alpha value is -3.20. The monoisotopic (exact) mass is 356 g/mol. The molecule has 3 aromatic rings. The fourth-order valence-corrected chi connectivity index (χ4v) is 2.62. The van der Waals surface area contributed by atoms with Gasteiger partial charge in [0, 0.05) is 11.6 Å². The number of para-hydroxylation sites is 1. The fourth-order valence-electron chi connectivity index (χ4n) is 2.09. The number of aromatic nitrogens is 3. The number of carbonyl (C=O) groups is 1. The Labute approximate surface area is 148 Å². The van der Waals surface area contributed by atoms with E-state index >= 15 is 0 Å². The third-order valence-corrected chi connectivity index (χ3v) is 3.91. The number of thiazole rings is 1. The summed E-state index contributed by atoms with van der Waals surface area (Å²) in [5.74, 6) is 0.395. The summed E-state index contributed by atoms with van der Waals surface area (Å²) in [4.78, 5) is 24.5. The molecule has 0 atom stereocenters. The van der Waals surface area contributed by atoms with Crippen LogP contribution < -0.4 is 16.4 Å². The van der Waals surface area contributed by atoms with E-state index in [0.29, 0.717) is 40.3 Å². The van der Waals surface area contributed by atoms with E-state index < -0.39 is 5.97 Å². The summed E-state index contributed by atoms with van der Waals surface area (Å²) in [6.45, 7) is 2.05. The van der Waals surface area contributed by atoms with E-state index in [-0.39, 0.29) is 0 Å². The van der Waals surface area contributed by atoms with Gasteiger partial charge in [-0.3, -0.25) is 0 Å². The van der Waals surface area contributed by atoms with Gasteiger partial charge in [0.2, 0.25) is 0 Å². The van der Waals surface area contributed by atoms with Gasteiger partial charge in [-0.2, -0.15) is 0 Å². The Morgan fingerprint density at radius 2 is 1.96 bits per heavy atom. The van der Waals surface area contributed by atoms with E-state index in [4.69, 9.17) is 10.5 Å². The molecule has 9 heteroatoms. The van der Waals surface area contributed by atoms with Gasteiger partial charge in [0.1, 0.15) is 12.0 Å². The van der Waals surface area contributed by atoms with Crippen molar-refractivity contribution in [1.82, 2.24) is 15.0 Å². The van der Waals surface area contributed by atoms with Crippen LogP contribution in [0.15, 0.2) is 42.2 Å². The smallest absolute Gasteiger partial charge is 0.340 e. The van der Waals surface area contributed by atoms with Gasteiger partial charge in [0.05, 0.1) is 17.9 Å². The van der Waals surface area contributed by atoms with Crippen LogP contribution in [0.3, 0.4) is 0 Å². The number of esters is 1. The van der Waals surface area contributed by atoms with E-state index in [1.54, 1.807) is 37.4 Å². The molecule has 0 aliphatic carbocycles. The number of hydrogen-bond acceptors (Lipinski definition) is 9. The fraction of sp³-hybridized carbons (Fsp3) is 0.125. The van der Waals surface area contributed by atoms with E-state index in [0.717, 1.165) is 0 Å². The van der Waals surface area contributed by atoms with Crippen LogP contribution in [0, 0.1) is 0 Å². The number of benzene rings is 1. The number of carbonyl (C=O) groups excluding carboxylic acids is 1. The molecule has 0 saturated heterocycles. The van der Waals surface area contributed by atoms with Crippen LogP contribution >= 0.6 is 11.3 Å². The van der Waals surface area contributed by atoms with Crippen molar-refractivity contribution in [2.75, 3.05) is 23.0 Å². The second-order valence-electron chi connectivity index (χ2n) is 4.84. The summed E-state index contributed by atoms with van der Waals surface area (Å²) in [6, 6.07) is 6.99. The van der Waals surface area contributed by atoms with Crippen LogP contribution in [0.4, 0.5) is 28.1 Å². The number of nitrogen functional groups attached to an aromatic ring is 1. The predicted octanol–water partition coefficient (Wildman–Crippen LogP) is 3.18. The Morgan fingerprint density at radius 3 is 2.68 bits per heavy atom. The quantitative estimate of drug-likeness (QED) is 0.577. The molecular weight excluding hydrogens is 340 g/mol. The standard InChI is InChI=1S/C16H16N6O2S/c1-2-24-15(23)10-5-3-4-6-11(10)21-13-12(17)14(20-9-19-13)22-16-18-7-8-25-16/h3-9H,2,17H2,1H3,(H2,18,19,20,21,22). The van der Waals surface area contributed by atoms with Gasteiger partial charge >= 0.3 is 5.97 Å². The SMILES string of the molecule is CCOC(=O)c1ccccc1Nc1ncnc(Nc2nccs2)c1N. The first-order valence-corrected chi connectivity index (χ1v) is 8.37. The summed E-state index contributed by atoms with van der Waals surface area (Å²) in [5, 5.41) is 8.61. The molecule has 0 aliphatic heterocycles. The van der Waals surface area contributed by atoms with E-state index in [9.17, 15) is 4.79 Å². The van der Waals surface area contributed by atoms with Crippen LogP contribution in [-0.4, -0.2) is 27.5 Å². The van der Waals surface area contributed by atoms with E-state index in [1.807, 2.05) is 5.38 Å². The normalized spacial score (nSPS) is 10.3. The van der Waals surface area contributed by atoms with Crippen molar-refractivity contribution in [3.05, 3.63) is 47.7 Å². The minimum Gasteiger partial charge on any atom is -0.462 e. The van der Waals surface area contributed by atoms with E-state index in [2.05, 4.69) is 25.6 Å². The van der Waals surface area contributed by atoms with Crippen molar-refractivity contribution in [2.24, 2.45) is 0 Å². The van der Waals surface area contributed by atoms with Crippen molar-refractivity contribution in [2.45, 2.75) is 6.92 Å². The molecule has 0 fully saturated rings. The van der Waals surface area contributed by atoms with Gasteiger partial charge < -0.3 is 21.1 Å². The van der Waals surface area contributed by atoms with Gasteiger partial charge in [-0.05, 0) is 19.1 Å². The Bertz CT molecular complexity index is 869. The molecule has 128 valence electrons. The number of hydrogen-bond donors (Lipinski definition) is 3. The third-order valence-electron chi connectivity index (χ3n) is 3.22. The van der Waals surface area contributed by atoms with Gasteiger partial charge in [0.15, 0.2) is 16.8 Å². The largest absolute Gasteiger partial charge is 0.462 e. The minimum atomic E-state index is -0.417. The molecule has 8 nitrogen and oxygen atoms in total. The summed E-state index contributed by atoms with van der Waals surface area (Å²) >= 11 is 1.43. The number of ether oxygens (including phenoxy) is 1. The maximum Gasteiger partial charge on any atom is 0.340 e. The number of nitrogens with zero attached hydrogens (tertiary/aromatic N) is 3. The molecule has 0 spiro atoms. The van der Waals surface area contributed by atoms with Crippen molar-refractivity contribution in [3.8, 4) is 0 Å². The van der Waals surface area contributed by atoms with Gasteiger partial charge in [-0.15, -0.1) is 11.3 Å². The molecule has 0 amide bonds. The molecule has 2 aromatic heterocycles. The lowest BCUT2D eigenvalue weighted by Gasteiger charge is -2.13. The number of nitrogens with two attached hydrogens (primary N) is 1. The Morgan fingerprint density at radius 1 is 1.20 bits per heavy atom. The second kappa shape index (κ2) is 7.58. The molecule has 2 heterocycles. The van der Waals surface area contributed by atoms with Crippen molar-refractivity contribution >= 4 is 45.4 Å². The topological polar surface area (TPSA) is 115 Å². The third kappa shape index (κ3) is 3.83. The van der Waals surface area contributed by atoms with Crippen LogP contribution in [0.2, 0.25) is 0 Å². The van der Waals surface area contributed by atoms with Gasteiger partial charge in [-0.1, -0.05) is 12.1 Å². The lowest BCUT2D eigenvalue weighted by atomic mass is 10.2. The molecule has 3 rings (SSSR count). The molecule has 25 heavy (non-hydrogen) atoms.